The molecule has 0 unspecified atom stereocenters. The van der Waals surface area contributed by atoms with Crippen molar-refractivity contribution in [1.29, 1.82) is 0 Å². The van der Waals surface area contributed by atoms with E-state index in [0.717, 1.165) is 39.6 Å². The Kier molecular flexibility index (Phi) is 8.19. The zero-order chi connectivity index (χ0) is 31.0. The Morgan fingerprint density at radius 1 is 1.12 bits per heavy atom. The van der Waals surface area contributed by atoms with Crippen LogP contribution in [0.15, 0.2) is 66.9 Å². The number of methoxy groups -OCH3 is 1. The van der Waals surface area contributed by atoms with Gasteiger partial charge in [-0.1, -0.05) is 19.9 Å². The van der Waals surface area contributed by atoms with Crippen molar-refractivity contribution >= 4 is 40.3 Å². The Balaban J connectivity index is 1.65. The topological polar surface area (TPSA) is 115 Å². The van der Waals surface area contributed by atoms with E-state index in [1.54, 1.807) is 18.3 Å². The fourth-order valence-corrected chi connectivity index (χ4v) is 5.93. The highest BCUT2D eigenvalue weighted by molar-refractivity contribution is 7.80. The van der Waals surface area contributed by atoms with Crippen molar-refractivity contribution in [3.8, 4) is 11.4 Å². The second-order valence-electron chi connectivity index (χ2n) is 10.9. The number of hydrogen-bond acceptors (Lipinski definition) is 6. The predicted octanol–water partition coefficient (Wildman–Crippen LogP) is 6.49. The molecule has 2 N–H and O–H groups in total. The molecule has 0 aliphatic carbocycles. The average Bonchev–Trinajstić information content (AvgIpc) is 3.48. The van der Waals surface area contributed by atoms with Crippen LogP contribution < -0.4 is 20.3 Å². The third kappa shape index (κ3) is 5.55. The molecule has 0 radical (unpaired) electrons. The standard InChI is InChI=1S/C32H34N6O4S/c1-18(2)31(39)34-25-12-10-22(15-19(25)3)37-30(29(35-32(37)43)26-9-7-8-14-33-26)24-16-20(4)36(21(24)5)27-13-11-23(42-6)17-28(27)38(40)41/h7-18,29-30H,1-6H3,(H,34,39)(H,35,43)/t29-,30-/m0/s1. The number of nitro groups is 1. The number of hydrogen-bond donors (Lipinski definition) is 2. The Hall–Kier alpha value is -4.77. The van der Waals surface area contributed by atoms with E-state index < -0.39 is 4.92 Å². The lowest BCUT2D eigenvalue weighted by Gasteiger charge is -2.29. The van der Waals surface area contributed by atoms with Gasteiger partial charge in [0.15, 0.2) is 5.11 Å². The van der Waals surface area contributed by atoms with E-state index in [2.05, 4.69) is 26.6 Å². The Bertz CT molecular complexity index is 1720. The number of amides is 1. The molecule has 1 fully saturated rings. The van der Waals surface area contributed by atoms with E-state index in [4.69, 9.17) is 17.0 Å². The first-order valence-electron chi connectivity index (χ1n) is 14.0. The molecule has 2 aromatic heterocycles. The lowest BCUT2D eigenvalue weighted by Crippen LogP contribution is -2.29. The van der Waals surface area contributed by atoms with Crippen molar-refractivity contribution in [2.24, 2.45) is 5.92 Å². The SMILES string of the molecule is COc1ccc(-n2c(C)cc([C@H]3[C@H](c4ccccn4)NC(=S)N3c3ccc(NC(=O)C(C)C)c(C)c3)c2C)c([N+](=O)[O-])c1. The van der Waals surface area contributed by atoms with E-state index in [1.807, 2.05) is 75.6 Å². The van der Waals surface area contributed by atoms with Gasteiger partial charge in [-0.15, -0.1) is 0 Å². The van der Waals surface area contributed by atoms with Crippen LogP contribution in [0.25, 0.3) is 5.69 Å². The van der Waals surface area contributed by atoms with Crippen LogP contribution >= 0.6 is 12.2 Å². The number of ether oxygens (including phenoxy) is 1. The molecule has 11 heteroatoms. The molecular formula is C32H34N6O4S. The first-order valence-corrected chi connectivity index (χ1v) is 14.4. The molecule has 2 aromatic carbocycles. The molecule has 1 aliphatic rings. The van der Waals surface area contributed by atoms with E-state index in [-0.39, 0.29) is 29.6 Å². The van der Waals surface area contributed by atoms with Gasteiger partial charge in [-0.25, -0.2) is 0 Å². The van der Waals surface area contributed by atoms with Crippen LogP contribution in [0.1, 0.15) is 54.1 Å². The van der Waals surface area contributed by atoms with E-state index >= 15 is 0 Å². The molecule has 1 aliphatic heterocycles. The van der Waals surface area contributed by atoms with Gasteiger partial charge < -0.3 is 24.8 Å². The van der Waals surface area contributed by atoms with Crippen LogP contribution in [0, 0.1) is 36.8 Å². The molecule has 0 bridgehead atoms. The highest BCUT2D eigenvalue weighted by atomic mass is 32.1. The van der Waals surface area contributed by atoms with Crippen molar-refractivity contribution in [2.45, 2.75) is 46.7 Å². The molecule has 1 amide bonds. The van der Waals surface area contributed by atoms with Crippen LogP contribution in [0.3, 0.4) is 0 Å². The van der Waals surface area contributed by atoms with Gasteiger partial charge in [0, 0.05) is 34.9 Å². The number of carbonyl (C=O) groups excluding carboxylic acids is 1. The fourth-order valence-electron chi connectivity index (χ4n) is 5.59. The predicted molar refractivity (Wildman–Crippen MR) is 171 cm³/mol. The Morgan fingerprint density at radius 3 is 2.51 bits per heavy atom. The van der Waals surface area contributed by atoms with Crippen LogP contribution in [-0.4, -0.2) is 32.6 Å². The summed E-state index contributed by atoms with van der Waals surface area (Å²) in [5, 5.41) is 19.1. The summed E-state index contributed by atoms with van der Waals surface area (Å²) >= 11 is 5.92. The summed E-state index contributed by atoms with van der Waals surface area (Å²) in [6.45, 7) is 9.55. The number of nitrogens with one attached hydrogen (secondary N) is 2. The van der Waals surface area contributed by atoms with E-state index in [0.29, 0.717) is 16.5 Å². The highest BCUT2D eigenvalue weighted by Gasteiger charge is 2.42. The van der Waals surface area contributed by atoms with E-state index in [1.165, 1.54) is 13.2 Å². The van der Waals surface area contributed by atoms with Gasteiger partial charge in [-0.2, -0.15) is 0 Å². The number of anilines is 2. The van der Waals surface area contributed by atoms with Crippen molar-refractivity contribution in [1.82, 2.24) is 14.9 Å². The van der Waals surface area contributed by atoms with Crippen molar-refractivity contribution in [3.05, 3.63) is 105 Å². The summed E-state index contributed by atoms with van der Waals surface area (Å²) in [5.74, 6) is 0.213. The number of aryl methyl sites for hydroxylation is 2. The molecule has 3 heterocycles. The average molecular weight is 599 g/mol. The zero-order valence-corrected chi connectivity index (χ0v) is 25.7. The summed E-state index contributed by atoms with van der Waals surface area (Å²) in [6.07, 6.45) is 1.75. The summed E-state index contributed by atoms with van der Waals surface area (Å²) in [7, 11) is 1.48. The van der Waals surface area contributed by atoms with Gasteiger partial charge in [0.05, 0.1) is 35.9 Å². The van der Waals surface area contributed by atoms with Gasteiger partial charge in [0.25, 0.3) is 5.69 Å². The molecule has 2 atom stereocenters. The largest absolute Gasteiger partial charge is 0.496 e. The number of pyridine rings is 1. The molecule has 5 rings (SSSR count). The number of nitrogens with zero attached hydrogens (tertiary/aromatic N) is 4. The normalized spacial score (nSPS) is 16.3. The number of carbonyl (C=O) groups is 1. The minimum absolute atomic E-state index is 0.0534. The summed E-state index contributed by atoms with van der Waals surface area (Å²) in [4.78, 5) is 30.8. The maximum absolute atomic E-state index is 12.4. The van der Waals surface area contributed by atoms with Gasteiger partial charge in [-0.3, -0.25) is 19.9 Å². The van der Waals surface area contributed by atoms with Crippen LogP contribution in [0.5, 0.6) is 5.75 Å². The van der Waals surface area contributed by atoms with Crippen molar-refractivity contribution < 1.29 is 14.5 Å². The fraction of sp³-hybridized carbons (Fsp3) is 0.281. The quantitative estimate of drug-likeness (QED) is 0.134. The second kappa shape index (κ2) is 11.8. The Morgan fingerprint density at radius 2 is 1.88 bits per heavy atom. The van der Waals surface area contributed by atoms with Gasteiger partial charge in [0.1, 0.15) is 11.4 Å². The minimum Gasteiger partial charge on any atom is -0.496 e. The van der Waals surface area contributed by atoms with Crippen molar-refractivity contribution in [3.63, 3.8) is 0 Å². The molecule has 1 saturated heterocycles. The molecule has 0 spiro atoms. The first kappa shape index (κ1) is 29.7. The molecule has 4 aromatic rings. The van der Waals surface area contributed by atoms with Gasteiger partial charge >= 0.3 is 0 Å². The first-order chi connectivity index (χ1) is 20.5. The zero-order valence-electron chi connectivity index (χ0n) is 24.9. The molecule has 10 nitrogen and oxygen atoms in total. The summed E-state index contributed by atoms with van der Waals surface area (Å²) in [5.41, 5.74) is 6.31. The number of thiocarbonyl (C=S) groups is 1. The number of benzene rings is 2. The monoisotopic (exact) mass is 598 g/mol. The number of aromatic nitrogens is 2. The maximum atomic E-state index is 12.4. The third-order valence-corrected chi connectivity index (χ3v) is 8.09. The van der Waals surface area contributed by atoms with Gasteiger partial charge in [-0.05, 0) is 92.6 Å². The summed E-state index contributed by atoms with van der Waals surface area (Å²) < 4.78 is 7.16. The minimum atomic E-state index is -0.395. The molecule has 0 saturated carbocycles. The van der Waals surface area contributed by atoms with Crippen LogP contribution in [0.4, 0.5) is 17.1 Å². The van der Waals surface area contributed by atoms with E-state index in [9.17, 15) is 14.9 Å². The molecule has 43 heavy (non-hydrogen) atoms. The van der Waals surface area contributed by atoms with Crippen LogP contribution in [-0.2, 0) is 4.79 Å². The summed E-state index contributed by atoms with van der Waals surface area (Å²) in [6, 6.07) is 17.9. The Labute approximate surface area is 255 Å². The second-order valence-corrected chi connectivity index (χ2v) is 11.3. The van der Waals surface area contributed by atoms with Gasteiger partial charge in [0.2, 0.25) is 5.91 Å². The van der Waals surface area contributed by atoms with Crippen molar-refractivity contribution in [2.75, 3.05) is 17.3 Å². The number of nitro benzene ring substituents is 1. The van der Waals surface area contributed by atoms with Crippen LogP contribution in [0.2, 0.25) is 0 Å². The third-order valence-electron chi connectivity index (χ3n) is 7.78. The smallest absolute Gasteiger partial charge is 0.296 e. The molecular weight excluding hydrogens is 564 g/mol. The molecule has 222 valence electrons. The number of rotatable bonds is 8. The highest BCUT2D eigenvalue weighted by Crippen LogP contribution is 2.45. The maximum Gasteiger partial charge on any atom is 0.296 e. The lowest BCUT2D eigenvalue weighted by atomic mass is 9.96. The lowest BCUT2D eigenvalue weighted by molar-refractivity contribution is -0.384.